The molecule has 88 valence electrons. The van der Waals surface area contributed by atoms with Gasteiger partial charge >= 0.3 is 0 Å². The van der Waals surface area contributed by atoms with Crippen LogP contribution in [0.3, 0.4) is 0 Å². The molecule has 0 radical (unpaired) electrons. The molecule has 0 unspecified atom stereocenters. The molecule has 0 bridgehead atoms. The van der Waals surface area contributed by atoms with Crippen LogP contribution >= 0.6 is 46.4 Å². The van der Waals surface area contributed by atoms with Crippen LogP contribution in [0.15, 0.2) is 10.1 Å². The Hall–Kier alpha value is 0.320. The van der Waals surface area contributed by atoms with E-state index < -0.39 is 36.8 Å². The fourth-order valence-electron chi connectivity index (χ4n) is 2.48. The van der Waals surface area contributed by atoms with Crippen molar-refractivity contribution in [3.63, 3.8) is 0 Å². The van der Waals surface area contributed by atoms with Gasteiger partial charge < -0.3 is 0 Å². The van der Waals surface area contributed by atoms with Crippen molar-refractivity contribution in [3.8, 4) is 0 Å². The average molecular weight is 323 g/mol. The summed E-state index contributed by atoms with van der Waals surface area (Å²) in [5, 5.41) is -1.23. The summed E-state index contributed by atoms with van der Waals surface area (Å²) in [5.74, 6) is -1.63. The molecule has 4 nitrogen and oxygen atoms in total. The van der Waals surface area contributed by atoms with E-state index in [0.717, 1.165) is 0 Å². The summed E-state index contributed by atoms with van der Waals surface area (Å²) in [4.78, 5) is 8.71. The van der Waals surface area contributed by atoms with Gasteiger partial charge in [-0.1, -0.05) is 23.2 Å². The Kier molecular flexibility index (Phi) is 1.90. The monoisotopic (exact) mass is 321 g/mol. The van der Waals surface area contributed by atoms with Crippen molar-refractivity contribution < 1.29 is 13.2 Å². The molecule has 2 aliphatic carbocycles. The maximum absolute atomic E-state index is 11.7. The molecule has 1 amide bonds. The lowest BCUT2D eigenvalue weighted by molar-refractivity contribution is -0.120. The summed E-state index contributed by atoms with van der Waals surface area (Å²) in [6, 6.07) is 0. The van der Waals surface area contributed by atoms with E-state index in [-0.39, 0.29) is 10.1 Å². The molecular formula is C7H3Cl4NO3S. The quantitative estimate of drug-likeness (QED) is 0.679. The Labute approximate surface area is 111 Å². The van der Waals surface area contributed by atoms with Gasteiger partial charge in [-0.2, -0.15) is 0 Å². The Bertz CT molecular complexity index is 572. The lowest BCUT2D eigenvalue weighted by Crippen LogP contribution is -2.51. The van der Waals surface area contributed by atoms with E-state index in [1.165, 1.54) is 0 Å². The lowest BCUT2D eigenvalue weighted by Gasteiger charge is -2.25. The normalized spacial score (nSPS) is 52.4. The number of rotatable bonds is 0. The van der Waals surface area contributed by atoms with Crippen LogP contribution in [0.4, 0.5) is 0 Å². The number of hydrogen-bond acceptors (Lipinski definition) is 3. The fourth-order valence-corrected chi connectivity index (χ4v) is 6.65. The molecule has 0 aromatic carbocycles. The summed E-state index contributed by atoms with van der Waals surface area (Å²) in [6.07, 6.45) is 0. The van der Waals surface area contributed by atoms with Gasteiger partial charge in [-0.05, 0) is 0 Å². The Morgan fingerprint density at radius 2 is 1.75 bits per heavy atom. The predicted molar refractivity (Wildman–Crippen MR) is 60.2 cm³/mol. The molecule has 1 saturated carbocycles. The summed E-state index contributed by atoms with van der Waals surface area (Å²) in [6.45, 7) is 0. The Balaban J connectivity index is 2.31. The molecule has 3 aliphatic rings. The third-order valence-electron chi connectivity index (χ3n) is 3.28. The zero-order valence-electron chi connectivity index (χ0n) is 7.30. The molecule has 16 heavy (non-hydrogen) atoms. The second-order valence-electron chi connectivity index (χ2n) is 3.96. The Morgan fingerprint density at radius 3 is 2.31 bits per heavy atom. The van der Waals surface area contributed by atoms with Crippen molar-refractivity contribution in [1.29, 1.82) is 0 Å². The molecule has 1 saturated heterocycles. The van der Waals surface area contributed by atoms with E-state index >= 15 is 0 Å². The van der Waals surface area contributed by atoms with Crippen LogP contribution in [-0.4, -0.2) is 29.3 Å². The van der Waals surface area contributed by atoms with Gasteiger partial charge in [0.25, 0.3) is 5.91 Å². The van der Waals surface area contributed by atoms with Gasteiger partial charge in [-0.25, -0.2) is 8.42 Å². The van der Waals surface area contributed by atoms with Gasteiger partial charge in [0, 0.05) is 5.92 Å². The highest BCUT2D eigenvalue weighted by atomic mass is 35.5. The first-order valence-electron chi connectivity index (χ1n) is 4.18. The first-order valence-corrected chi connectivity index (χ1v) is 7.24. The van der Waals surface area contributed by atoms with Gasteiger partial charge in [0.05, 0.1) is 10.1 Å². The minimum absolute atomic E-state index is 0.0424. The molecule has 1 heterocycles. The molecule has 1 aliphatic heterocycles. The molecule has 0 aromatic heterocycles. The zero-order valence-corrected chi connectivity index (χ0v) is 11.1. The SMILES string of the molecule is O=C1NS(=O)(=O)[C@H]2C(Cl)=C(Cl)[C@@]3(Cl)[C@@H]2[C@@]13Cl. The van der Waals surface area contributed by atoms with Crippen molar-refractivity contribution in [2.75, 3.05) is 0 Å². The largest absolute Gasteiger partial charge is 0.272 e. The minimum atomic E-state index is -3.89. The molecule has 2 fully saturated rings. The molecule has 0 spiro atoms. The van der Waals surface area contributed by atoms with E-state index in [9.17, 15) is 13.2 Å². The van der Waals surface area contributed by atoms with E-state index in [1.807, 2.05) is 4.72 Å². The third kappa shape index (κ3) is 0.861. The number of sulfonamides is 1. The zero-order chi connectivity index (χ0) is 12.1. The van der Waals surface area contributed by atoms with E-state index in [0.29, 0.717) is 0 Å². The highest BCUT2D eigenvalue weighted by Crippen LogP contribution is 2.76. The predicted octanol–water partition coefficient (Wildman–Crippen LogP) is 1.10. The lowest BCUT2D eigenvalue weighted by atomic mass is 10.2. The standard InChI is InChI=1S/C7H3Cl4NO3S/c8-1-2-3-6(10,4(1)9)7(3,11)5(13)12-16(2,14)15/h2-3H,(H,12,13)/t2-,3+,6-,7+/m0/s1. The third-order valence-corrected chi connectivity index (χ3v) is 7.70. The number of halogens is 4. The van der Waals surface area contributed by atoms with Crippen LogP contribution < -0.4 is 4.72 Å². The van der Waals surface area contributed by atoms with Crippen LogP contribution in [0.5, 0.6) is 0 Å². The number of fused-ring (bicyclic) bond motifs is 1. The van der Waals surface area contributed by atoms with Crippen LogP contribution in [0.2, 0.25) is 0 Å². The number of carbonyl (C=O) groups excluding carboxylic acids is 1. The number of alkyl halides is 2. The van der Waals surface area contributed by atoms with Crippen molar-refractivity contribution in [2.45, 2.75) is 15.0 Å². The highest BCUT2D eigenvalue weighted by molar-refractivity contribution is 7.91. The molecule has 4 atom stereocenters. The summed E-state index contributed by atoms with van der Waals surface area (Å²) in [7, 11) is -3.89. The molecular weight excluding hydrogens is 320 g/mol. The minimum Gasteiger partial charge on any atom is -0.272 e. The number of amides is 1. The maximum atomic E-state index is 11.7. The highest BCUT2D eigenvalue weighted by Gasteiger charge is 2.90. The fraction of sp³-hybridized carbons (Fsp3) is 0.571. The van der Waals surface area contributed by atoms with Crippen molar-refractivity contribution in [3.05, 3.63) is 10.1 Å². The first-order chi connectivity index (χ1) is 7.19. The summed E-state index contributed by atoms with van der Waals surface area (Å²) in [5.41, 5.74) is 0. The van der Waals surface area contributed by atoms with Crippen molar-refractivity contribution in [1.82, 2.24) is 4.72 Å². The van der Waals surface area contributed by atoms with Gasteiger partial charge in [-0.15, -0.1) is 23.2 Å². The smallest absolute Gasteiger partial charge is 0.257 e. The second kappa shape index (κ2) is 2.67. The van der Waals surface area contributed by atoms with Gasteiger partial charge in [0.15, 0.2) is 4.87 Å². The van der Waals surface area contributed by atoms with Crippen LogP contribution in [-0.2, 0) is 14.8 Å². The molecule has 3 rings (SSSR count). The van der Waals surface area contributed by atoms with Crippen LogP contribution in [0.1, 0.15) is 0 Å². The van der Waals surface area contributed by atoms with Gasteiger partial charge in [0.2, 0.25) is 10.0 Å². The topological polar surface area (TPSA) is 63.2 Å². The molecule has 1 N–H and O–H groups in total. The Morgan fingerprint density at radius 1 is 1.19 bits per heavy atom. The van der Waals surface area contributed by atoms with Crippen LogP contribution in [0.25, 0.3) is 0 Å². The van der Waals surface area contributed by atoms with Crippen molar-refractivity contribution >= 4 is 62.3 Å². The number of allylic oxidation sites excluding steroid dienone is 1. The van der Waals surface area contributed by atoms with Gasteiger partial charge in [0.1, 0.15) is 10.1 Å². The number of nitrogens with one attached hydrogen (secondary N) is 1. The maximum Gasteiger partial charge on any atom is 0.257 e. The van der Waals surface area contributed by atoms with E-state index in [1.54, 1.807) is 0 Å². The summed E-state index contributed by atoms with van der Waals surface area (Å²) < 4.78 is 25.2. The number of carbonyl (C=O) groups is 1. The van der Waals surface area contributed by atoms with Crippen LogP contribution in [0, 0.1) is 5.92 Å². The first kappa shape index (κ1) is 11.4. The molecule has 9 heteroatoms. The number of hydrogen-bond donors (Lipinski definition) is 1. The second-order valence-corrected chi connectivity index (χ2v) is 7.74. The van der Waals surface area contributed by atoms with Gasteiger partial charge in [-0.3, -0.25) is 9.52 Å². The summed E-state index contributed by atoms with van der Waals surface area (Å²) >= 11 is 23.8. The van der Waals surface area contributed by atoms with Crippen molar-refractivity contribution in [2.24, 2.45) is 5.92 Å². The van der Waals surface area contributed by atoms with E-state index in [2.05, 4.69) is 0 Å². The average Bonchev–Trinajstić information content (AvgIpc) is 2.56. The van der Waals surface area contributed by atoms with E-state index in [4.69, 9.17) is 46.4 Å². The molecule has 0 aromatic rings.